The van der Waals surface area contributed by atoms with E-state index >= 15 is 0 Å². The summed E-state index contributed by atoms with van der Waals surface area (Å²) in [5.74, 6) is -0.455. The number of rotatable bonds is 6. The summed E-state index contributed by atoms with van der Waals surface area (Å²) in [4.78, 5) is 14.2. The molecule has 2 heterocycles. The summed E-state index contributed by atoms with van der Waals surface area (Å²) in [6.07, 6.45) is 2.64. The fraction of sp³-hybridized carbons (Fsp3) is 0.391. The van der Waals surface area contributed by atoms with Gasteiger partial charge >= 0.3 is 5.91 Å². The molecule has 0 spiro atoms. The fourth-order valence-electron chi connectivity index (χ4n) is 4.18. The van der Waals surface area contributed by atoms with Crippen LogP contribution in [-0.2, 0) is 28.3 Å². The second-order valence-electron chi connectivity index (χ2n) is 8.37. The molecule has 10 heteroatoms. The summed E-state index contributed by atoms with van der Waals surface area (Å²) < 4.78 is 27.8. The molecule has 176 valence electrons. The van der Waals surface area contributed by atoms with Gasteiger partial charge in [-0.05, 0) is 59.4 Å². The lowest BCUT2D eigenvalue weighted by Crippen LogP contribution is -2.53. The number of nitrogens with zero attached hydrogens (tertiary/aromatic N) is 3. The number of carbonyl (C=O) groups excluding carboxylic acids is 1. The van der Waals surface area contributed by atoms with E-state index in [1.165, 1.54) is 11.3 Å². The molecule has 0 radical (unpaired) electrons. The Morgan fingerprint density at radius 2 is 1.85 bits per heavy atom. The van der Waals surface area contributed by atoms with Crippen LogP contribution in [0.25, 0.3) is 10.8 Å². The highest BCUT2D eigenvalue weighted by Gasteiger charge is 2.39. The van der Waals surface area contributed by atoms with Crippen LogP contribution in [0.3, 0.4) is 0 Å². The zero-order valence-corrected chi connectivity index (χ0v) is 20.8. The van der Waals surface area contributed by atoms with Crippen LogP contribution < -0.4 is 4.80 Å². The van der Waals surface area contributed by atoms with Crippen molar-refractivity contribution < 1.29 is 22.9 Å². The number of likely N-dealkylation sites (tertiary alicyclic amines) is 1. The minimum absolute atomic E-state index is 0.0923. The summed E-state index contributed by atoms with van der Waals surface area (Å²) in [6, 6.07) is 10.2. The van der Waals surface area contributed by atoms with Crippen LogP contribution >= 0.6 is 22.9 Å². The zero-order valence-electron chi connectivity index (χ0n) is 18.4. The van der Waals surface area contributed by atoms with Crippen molar-refractivity contribution in [1.29, 1.82) is 0 Å². The minimum Gasteiger partial charge on any atom is -0.390 e. The lowest BCUT2D eigenvalue weighted by molar-refractivity contribution is -0.869. The first kappa shape index (κ1) is 24.1. The van der Waals surface area contributed by atoms with Crippen molar-refractivity contribution in [3.05, 3.63) is 57.3 Å². The van der Waals surface area contributed by atoms with Crippen LogP contribution in [0.1, 0.15) is 31.4 Å². The van der Waals surface area contributed by atoms with E-state index in [4.69, 9.17) is 16.7 Å². The highest BCUT2D eigenvalue weighted by atomic mass is 35.5. The number of benzene rings is 2. The maximum absolute atomic E-state index is 13.4. The quantitative estimate of drug-likeness (QED) is 0.515. The number of quaternary nitrogens is 1. The summed E-state index contributed by atoms with van der Waals surface area (Å²) in [5.41, 5.74) is 0.724. The third-order valence-electron chi connectivity index (χ3n) is 6.19. The summed E-state index contributed by atoms with van der Waals surface area (Å²) in [5, 5.41) is 18.3. The molecule has 0 aliphatic carbocycles. The first-order chi connectivity index (χ1) is 15.7. The summed E-state index contributed by atoms with van der Waals surface area (Å²) in [7, 11) is -1.84. The molecule has 0 atom stereocenters. The molecule has 0 saturated carbocycles. The van der Waals surface area contributed by atoms with E-state index < -0.39 is 9.84 Å². The number of thiazole rings is 1. The van der Waals surface area contributed by atoms with Gasteiger partial charge in [-0.15, -0.1) is 4.59 Å². The maximum atomic E-state index is 13.4. The van der Waals surface area contributed by atoms with Crippen molar-refractivity contribution in [1.82, 2.24) is 4.57 Å². The standard InChI is InChI=1S/C23H27ClN3O4S2/c1-26-20(15-28)16-32-23(26)25-27(10-3-2-4-11-27)22(29)9-12-33(30,31)21-8-6-17-13-19(24)7-5-18(17)14-21/h5-8,13-14,16,28H,2-4,9-12,15H2,1H3/q+1. The lowest BCUT2D eigenvalue weighted by Gasteiger charge is -2.32. The van der Waals surface area contributed by atoms with Crippen molar-refractivity contribution in [2.45, 2.75) is 37.2 Å². The molecule has 4 rings (SSSR count). The first-order valence-electron chi connectivity index (χ1n) is 10.9. The topological polar surface area (TPSA) is 88.7 Å². The van der Waals surface area contributed by atoms with Crippen molar-refractivity contribution >= 4 is 49.5 Å². The fourth-order valence-corrected chi connectivity index (χ4v) is 6.57. The van der Waals surface area contributed by atoms with E-state index in [-0.39, 0.29) is 34.2 Å². The second-order valence-corrected chi connectivity index (χ2v) is 11.8. The number of hydrogen-bond donors (Lipinski definition) is 1. The molecule has 3 aromatic rings. The van der Waals surface area contributed by atoms with Gasteiger partial charge in [0.2, 0.25) is 4.80 Å². The van der Waals surface area contributed by atoms with E-state index in [1.54, 1.807) is 41.0 Å². The van der Waals surface area contributed by atoms with Crippen molar-refractivity contribution in [3.63, 3.8) is 0 Å². The Balaban J connectivity index is 1.58. The van der Waals surface area contributed by atoms with Crippen LogP contribution in [0.4, 0.5) is 0 Å². The van der Waals surface area contributed by atoms with Gasteiger partial charge in [0.15, 0.2) is 9.84 Å². The highest BCUT2D eigenvalue weighted by molar-refractivity contribution is 7.91. The first-order valence-corrected chi connectivity index (χ1v) is 13.8. The largest absolute Gasteiger partial charge is 0.390 e. The number of aliphatic hydroxyl groups is 1. The number of halogens is 1. The molecule has 1 amide bonds. The summed E-state index contributed by atoms with van der Waals surface area (Å²) >= 11 is 7.39. The van der Waals surface area contributed by atoms with Gasteiger partial charge in [0.1, 0.15) is 13.1 Å². The normalized spacial score (nSPS) is 16.9. The maximum Gasteiger partial charge on any atom is 0.340 e. The molecular weight excluding hydrogens is 482 g/mol. The van der Waals surface area contributed by atoms with Crippen molar-refractivity contribution in [2.75, 3.05) is 18.8 Å². The Morgan fingerprint density at radius 1 is 1.15 bits per heavy atom. The molecule has 1 N–H and O–H groups in total. The number of aliphatic hydroxyl groups excluding tert-OH is 1. The van der Waals surface area contributed by atoms with Gasteiger partial charge in [-0.3, -0.25) is 0 Å². The predicted molar refractivity (Wildman–Crippen MR) is 129 cm³/mol. The third kappa shape index (κ3) is 5.07. The summed E-state index contributed by atoms with van der Waals surface area (Å²) in [6.45, 7) is 1.01. The molecule has 0 bridgehead atoms. The van der Waals surface area contributed by atoms with E-state index in [9.17, 15) is 18.3 Å². The van der Waals surface area contributed by atoms with E-state index in [0.717, 1.165) is 35.7 Å². The molecule has 1 saturated heterocycles. The second kappa shape index (κ2) is 9.68. The Bertz CT molecular complexity index is 1360. The number of fused-ring (bicyclic) bond motifs is 1. The van der Waals surface area contributed by atoms with Crippen LogP contribution in [0.15, 0.2) is 51.8 Å². The Morgan fingerprint density at radius 3 is 2.55 bits per heavy atom. The van der Waals surface area contributed by atoms with Gasteiger partial charge in [-0.25, -0.2) is 13.2 Å². The van der Waals surface area contributed by atoms with Gasteiger partial charge in [0.05, 0.1) is 29.4 Å². The Labute approximate surface area is 202 Å². The van der Waals surface area contributed by atoms with Crippen molar-refractivity contribution in [3.8, 4) is 0 Å². The number of hydrogen-bond acceptors (Lipinski definition) is 6. The van der Waals surface area contributed by atoms with Crippen LogP contribution in [-0.4, -0.2) is 47.4 Å². The van der Waals surface area contributed by atoms with Gasteiger partial charge in [0.25, 0.3) is 0 Å². The highest BCUT2D eigenvalue weighted by Crippen LogP contribution is 2.25. The minimum atomic E-state index is -3.64. The predicted octanol–water partition coefficient (Wildman–Crippen LogP) is 3.59. The van der Waals surface area contributed by atoms with E-state index in [2.05, 4.69) is 0 Å². The molecule has 1 aliphatic heterocycles. The molecule has 1 aromatic heterocycles. The lowest BCUT2D eigenvalue weighted by atomic mass is 10.1. The Kier molecular flexibility index (Phi) is 7.07. The molecule has 1 fully saturated rings. The van der Waals surface area contributed by atoms with E-state index in [1.807, 2.05) is 12.4 Å². The smallest absolute Gasteiger partial charge is 0.340 e. The third-order valence-corrected chi connectivity index (χ3v) is 9.10. The van der Waals surface area contributed by atoms with Crippen molar-refractivity contribution in [2.24, 2.45) is 12.1 Å². The average Bonchev–Trinajstić information content (AvgIpc) is 3.16. The molecule has 7 nitrogen and oxygen atoms in total. The molecule has 0 unspecified atom stereocenters. The number of aromatic nitrogens is 1. The number of sulfone groups is 1. The molecule has 1 aliphatic rings. The van der Waals surface area contributed by atoms with Gasteiger partial charge in [-0.2, -0.15) is 0 Å². The van der Waals surface area contributed by atoms with Crippen LogP contribution in [0, 0.1) is 0 Å². The monoisotopic (exact) mass is 508 g/mol. The number of amides is 1. The number of carbonyl (C=O) groups is 1. The van der Waals surface area contributed by atoms with Gasteiger partial charge in [-0.1, -0.05) is 35.1 Å². The SMILES string of the molecule is Cn1c(CO)csc1=N[N+]1(C(=O)CCS(=O)(=O)c2ccc3cc(Cl)ccc3c2)CCCCC1. The molecule has 33 heavy (non-hydrogen) atoms. The number of piperidine rings is 1. The zero-order chi connectivity index (χ0) is 23.6. The van der Waals surface area contributed by atoms with Gasteiger partial charge < -0.3 is 9.67 Å². The molecular formula is C23H27ClN3O4S2+. The molecule has 2 aromatic carbocycles. The van der Waals surface area contributed by atoms with Crippen LogP contribution in [0.2, 0.25) is 5.02 Å². The van der Waals surface area contributed by atoms with Gasteiger partial charge in [0, 0.05) is 17.5 Å². The van der Waals surface area contributed by atoms with Crippen LogP contribution in [0.5, 0.6) is 0 Å². The van der Waals surface area contributed by atoms with E-state index in [0.29, 0.717) is 22.9 Å². The Hall–Kier alpha value is -2.04. The average molecular weight is 509 g/mol.